The van der Waals surface area contributed by atoms with Crippen molar-refractivity contribution >= 4 is 29.7 Å². The predicted molar refractivity (Wildman–Crippen MR) is 74.3 cm³/mol. The second-order valence-corrected chi connectivity index (χ2v) is 5.19. The summed E-state index contributed by atoms with van der Waals surface area (Å²) in [5.74, 6) is 0.180. The van der Waals surface area contributed by atoms with E-state index in [1.807, 2.05) is 22.6 Å². The van der Waals surface area contributed by atoms with Crippen molar-refractivity contribution in [2.45, 2.75) is 32.9 Å². The Morgan fingerprint density at radius 1 is 1.47 bits per heavy atom. The van der Waals surface area contributed by atoms with Crippen LogP contribution in [0.1, 0.15) is 29.8 Å². The van der Waals surface area contributed by atoms with Crippen LogP contribution < -0.4 is 5.32 Å². The van der Waals surface area contributed by atoms with Crippen molar-refractivity contribution in [1.82, 2.24) is 10.2 Å². The Hall–Kier alpha value is -0.580. The van der Waals surface area contributed by atoms with E-state index in [1.54, 1.807) is 11.3 Å². The number of carbonyl (C=O) groups is 1. The molecule has 3 nitrogen and oxygen atoms in total. The molecule has 0 aromatic carbocycles. The molecule has 1 fully saturated rings. The van der Waals surface area contributed by atoms with Gasteiger partial charge in [-0.2, -0.15) is 11.3 Å². The third-order valence-electron chi connectivity index (χ3n) is 3.38. The maximum absolute atomic E-state index is 12.3. The SMILES string of the molecule is Cc1cscc1C(=O)N1CCNC(C)C1C.Cl. The third kappa shape index (κ3) is 2.81. The molecule has 2 unspecified atom stereocenters. The quantitative estimate of drug-likeness (QED) is 0.852. The summed E-state index contributed by atoms with van der Waals surface area (Å²) in [4.78, 5) is 14.3. The van der Waals surface area contributed by atoms with E-state index in [0.29, 0.717) is 6.04 Å². The van der Waals surface area contributed by atoms with Crippen molar-refractivity contribution in [3.63, 3.8) is 0 Å². The van der Waals surface area contributed by atoms with Gasteiger partial charge in [0, 0.05) is 30.6 Å². The second kappa shape index (κ2) is 5.85. The molecule has 5 heteroatoms. The highest BCUT2D eigenvalue weighted by Crippen LogP contribution is 2.19. The third-order valence-corrected chi connectivity index (χ3v) is 4.24. The van der Waals surface area contributed by atoms with Crippen molar-refractivity contribution in [1.29, 1.82) is 0 Å². The highest BCUT2D eigenvalue weighted by atomic mass is 35.5. The highest BCUT2D eigenvalue weighted by molar-refractivity contribution is 7.08. The maximum Gasteiger partial charge on any atom is 0.255 e. The van der Waals surface area contributed by atoms with Crippen LogP contribution in [0.2, 0.25) is 0 Å². The Kier molecular flexibility index (Phi) is 4.98. The van der Waals surface area contributed by atoms with Gasteiger partial charge in [0.15, 0.2) is 0 Å². The average Bonchev–Trinajstić information content (AvgIpc) is 2.68. The van der Waals surface area contributed by atoms with E-state index in [1.165, 1.54) is 0 Å². The van der Waals surface area contributed by atoms with E-state index in [4.69, 9.17) is 0 Å². The number of thiophene rings is 1. The molecule has 0 aliphatic carbocycles. The van der Waals surface area contributed by atoms with Gasteiger partial charge in [0.25, 0.3) is 5.91 Å². The van der Waals surface area contributed by atoms with Gasteiger partial charge in [0.2, 0.25) is 0 Å². The summed E-state index contributed by atoms with van der Waals surface area (Å²) in [7, 11) is 0. The van der Waals surface area contributed by atoms with Gasteiger partial charge in [-0.05, 0) is 31.7 Å². The molecule has 0 radical (unpaired) electrons. The summed E-state index contributed by atoms with van der Waals surface area (Å²) in [6, 6.07) is 0.636. The number of piperazine rings is 1. The lowest BCUT2D eigenvalue weighted by Crippen LogP contribution is -2.57. The molecular weight excluding hydrogens is 256 g/mol. The molecule has 17 heavy (non-hydrogen) atoms. The Labute approximate surface area is 113 Å². The highest BCUT2D eigenvalue weighted by Gasteiger charge is 2.29. The lowest BCUT2D eigenvalue weighted by atomic mass is 10.1. The largest absolute Gasteiger partial charge is 0.333 e. The van der Waals surface area contributed by atoms with Crippen molar-refractivity contribution in [3.05, 3.63) is 21.9 Å². The monoisotopic (exact) mass is 274 g/mol. The van der Waals surface area contributed by atoms with Gasteiger partial charge in [-0.25, -0.2) is 0 Å². The minimum atomic E-state index is 0. The Morgan fingerprint density at radius 2 is 2.18 bits per heavy atom. The molecule has 0 spiro atoms. The molecule has 1 aliphatic heterocycles. The summed E-state index contributed by atoms with van der Waals surface area (Å²) in [5.41, 5.74) is 1.96. The van der Waals surface area contributed by atoms with Gasteiger partial charge in [-0.1, -0.05) is 0 Å². The van der Waals surface area contributed by atoms with Crippen LogP contribution in [0, 0.1) is 6.92 Å². The van der Waals surface area contributed by atoms with Crippen molar-refractivity contribution in [2.24, 2.45) is 0 Å². The fraction of sp³-hybridized carbons (Fsp3) is 0.583. The first-order valence-corrected chi connectivity index (χ1v) is 6.62. The molecule has 1 saturated heterocycles. The fourth-order valence-electron chi connectivity index (χ4n) is 2.08. The molecule has 2 atom stereocenters. The predicted octanol–water partition coefficient (Wildman–Crippen LogP) is 2.30. The molecule has 1 amide bonds. The fourth-order valence-corrected chi connectivity index (χ4v) is 2.90. The molecule has 0 bridgehead atoms. The van der Waals surface area contributed by atoms with E-state index in [-0.39, 0.29) is 24.4 Å². The van der Waals surface area contributed by atoms with E-state index in [2.05, 4.69) is 19.2 Å². The van der Waals surface area contributed by atoms with Crippen LogP contribution in [-0.4, -0.2) is 36.0 Å². The molecule has 1 aliphatic rings. The van der Waals surface area contributed by atoms with Crippen LogP contribution in [0.4, 0.5) is 0 Å². The summed E-state index contributed by atoms with van der Waals surface area (Å²) in [5, 5.41) is 7.37. The summed E-state index contributed by atoms with van der Waals surface area (Å²) in [6.07, 6.45) is 0. The first-order valence-electron chi connectivity index (χ1n) is 5.68. The molecule has 2 rings (SSSR count). The molecule has 1 aromatic rings. The number of amides is 1. The lowest BCUT2D eigenvalue weighted by Gasteiger charge is -2.38. The van der Waals surface area contributed by atoms with Crippen molar-refractivity contribution < 1.29 is 4.79 Å². The summed E-state index contributed by atoms with van der Waals surface area (Å²) in [6.45, 7) is 7.93. The van der Waals surface area contributed by atoms with Crippen molar-refractivity contribution in [3.8, 4) is 0 Å². The second-order valence-electron chi connectivity index (χ2n) is 4.45. The van der Waals surface area contributed by atoms with Gasteiger partial charge in [-0.3, -0.25) is 4.79 Å². The van der Waals surface area contributed by atoms with Crippen LogP contribution in [0.25, 0.3) is 0 Å². The Bertz CT molecular complexity index is 394. The van der Waals surface area contributed by atoms with Crippen LogP contribution >= 0.6 is 23.7 Å². The molecule has 1 aromatic heterocycles. The molecule has 1 N–H and O–H groups in total. The van der Waals surface area contributed by atoms with E-state index in [0.717, 1.165) is 24.2 Å². The molecule has 2 heterocycles. The number of hydrogen-bond acceptors (Lipinski definition) is 3. The number of nitrogens with one attached hydrogen (secondary N) is 1. The number of nitrogens with zero attached hydrogens (tertiary/aromatic N) is 1. The Balaban J connectivity index is 0.00000144. The molecular formula is C12H19ClN2OS. The van der Waals surface area contributed by atoms with Gasteiger partial charge >= 0.3 is 0 Å². The van der Waals surface area contributed by atoms with Crippen molar-refractivity contribution in [2.75, 3.05) is 13.1 Å². The zero-order chi connectivity index (χ0) is 11.7. The van der Waals surface area contributed by atoms with Gasteiger partial charge in [0.05, 0.1) is 5.56 Å². The normalized spacial score (nSPS) is 24.3. The van der Waals surface area contributed by atoms with Gasteiger partial charge in [-0.15, -0.1) is 12.4 Å². The van der Waals surface area contributed by atoms with Gasteiger partial charge < -0.3 is 10.2 Å². The molecule has 0 saturated carbocycles. The standard InChI is InChI=1S/C12H18N2OS.ClH/c1-8-6-16-7-11(8)12(15)14-5-4-13-9(2)10(14)3;/h6-7,9-10,13H,4-5H2,1-3H3;1H. The first-order chi connectivity index (χ1) is 7.61. The number of halogens is 1. The van der Waals surface area contributed by atoms with Crippen LogP contribution in [-0.2, 0) is 0 Å². The first kappa shape index (κ1) is 14.5. The zero-order valence-corrected chi connectivity index (χ0v) is 12.0. The number of carbonyl (C=O) groups excluding carboxylic acids is 1. The van der Waals surface area contributed by atoms with E-state index in [9.17, 15) is 4.79 Å². The van der Waals surface area contributed by atoms with Crippen LogP contribution in [0.15, 0.2) is 10.8 Å². The van der Waals surface area contributed by atoms with Crippen LogP contribution in [0.5, 0.6) is 0 Å². The summed E-state index contributed by atoms with van der Waals surface area (Å²) >= 11 is 1.60. The minimum Gasteiger partial charge on any atom is -0.333 e. The van der Waals surface area contributed by atoms with E-state index < -0.39 is 0 Å². The zero-order valence-electron chi connectivity index (χ0n) is 10.4. The Morgan fingerprint density at radius 3 is 2.76 bits per heavy atom. The number of hydrogen-bond donors (Lipinski definition) is 1. The van der Waals surface area contributed by atoms with E-state index >= 15 is 0 Å². The lowest BCUT2D eigenvalue weighted by molar-refractivity contribution is 0.0603. The van der Waals surface area contributed by atoms with Gasteiger partial charge in [0.1, 0.15) is 0 Å². The number of rotatable bonds is 1. The maximum atomic E-state index is 12.3. The smallest absolute Gasteiger partial charge is 0.255 e. The average molecular weight is 275 g/mol. The summed E-state index contributed by atoms with van der Waals surface area (Å²) < 4.78 is 0. The van der Waals surface area contributed by atoms with Crippen LogP contribution in [0.3, 0.4) is 0 Å². The number of aryl methyl sites for hydroxylation is 1. The topological polar surface area (TPSA) is 32.3 Å². The molecule has 96 valence electrons. The minimum absolute atomic E-state index is 0.